The molecule has 0 aliphatic heterocycles. The number of amides is 1. The van der Waals surface area contributed by atoms with E-state index in [4.69, 9.17) is 5.73 Å². The Morgan fingerprint density at radius 2 is 1.72 bits per heavy atom. The first-order chi connectivity index (χ1) is 8.38. The highest BCUT2D eigenvalue weighted by Gasteiger charge is 2.13. The highest BCUT2D eigenvalue weighted by Crippen LogP contribution is 2.04. The quantitative estimate of drug-likeness (QED) is 0.659. The molecule has 108 valence electrons. The molecule has 4 nitrogen and oxygen atoms in total. The third-order valence-corrected chi connectivity index (χ3v) is 3.29. The minimum Gasteiger partial charge on any atom is -0.355 e. The summed E-state index contributed by atoms with van der Waals surface area (Å²) in [6.07, 6.45) is 1.46. The van der Waals surface area contributed by atoms with Crippen molar-refractivity contribution in [2.45, 2.75) is 59.5 Å². The monoisotopic (exact) mass is 257 g/mol. The van der Waals surface area contributed by atoms with E-state index in [0.29, 0.717) is 31.0 Å². The fourth-order valence-corrected chi connectivity index (χ4v) is 2.02. The SMILES string of the molecule is CC(CN)CCC(=O)NCCN(C(C)C)C(C)C. The summed E-state index contributed by atoms with van der Waals surface area (Å²) in [5, 5.41) is 2.98. The molecule has 0 saturated heterocycles. The molecule has 0 spiro atoms. The van der Waals surface area contributed by atoms with Crippen molar-refractivity contribution in [1.29, 1.82) is 0 Å². The van der Waals surface area contributed by atoms with Crippen molar-refractivity contribution in [1.82, 2.24) is 10.2 Å². The predicted molar refractivity (Wildman–Crippen MR) is 77.4 cm³/mol. The number of hydrogen-bond acceptors (Lipinski definition) is 3. The average molecular weight is 257 g/mol. The molecule has 0 radical (unpaired) electrons. The lowest BCUT2D eigenvalue weighted by atomic mass is 10.1. The van der Waals surface area contributed by atoms with Crippen molar-refractivity contribution in [2.24, 2.45) is 11.7 Å². The summed E-state index contributed by atoms with van der Waals surface area (Å²) in [7, 11) is 0. The van der Waals surface area contributed by atoms with Crippen LogP contribution in [0.4, 0.5) is 0 Å². The Balaban J connectivity index is 3.79. The molecule has 0 aromatic rings. The molecule has 0 heterocycles. The molecule has 0 aromatic heterocycles. The van der Waals surface area contributed by atoms with Gasteiger partial charge in [-0.3, -0.25) is 9.69 Å². The van der Waals surface area contributed by atoms with E-state index in [0.717, 1.165) is 19.5 Å². The molecule has 0 rings (SSSR count). The number of nitrogens with one attached hydrogen (secondary N) is 1. The fourth-order valence-electron chi connectivity index (χ4n) is 2.02. The molecule has 0 aliphatic rings. The molecule has 0 bridgehead atoms. The molecule has 0 aliphatic carbocycles. The van der Waals surface area contributed by atoms with Crippen LogP contribution in [0.25, 0.3) is 0 Å². The Labute approximate surface area is 112 Å². The standard InChI is InChI=1S/C14H31N3O/c1-11(2)17(12(3)4)9-8-16-14(18)7-6-13(5)10-15/h11-13H,6-10,15H2,1-5H3,(H,16,18). The van der Waals surface area contributed by atoms with Gasteiger partial charge in [0.15, 0.2) is 0 Å². The number of hydrogen-bond donors (Lipinski definition) is 2. The van der Waals surface area contributed by atoms with Crippen LogP contribution in [0.3, 0.4) is 0 Å². The van der Waals surface area contributed by atoms with Crippen molar-refractivity contribution in [3.63, 3.8) is 0 Å². The number of rotatable bonds is 9. The maximum atomic E-state index is 11.6. The Bertz CT molecular complexity index is 221. The molecule has 0 aromatic carbocycles. The van der Waals surface area contributed by atoms with Crippen LogP contribution in [0.5, 0.6) is 0 Å². The van der Waals surface area contributed by atoms with Gasteiger partial charge < -0.3 is 11.1 Å². The van der Waals surface area contributed by atoms with Gasteiger partial charge in [-0.1, -0.05) is 6.92 Å². The van der Waals surface area contributed by atoms with Gasteiger partial charge in [0.1, 0.15) is 0 Å². The second-order valence-electron chi connectivity index (χ2n) is 5.65. The first kappa shape index (κ1) is 17.4. The molecule has 1 unspecified atom stereocenters. The molecule has 18 heavy (non-hydrogen) atoms. The van der Waals surface area contributed by atoms with E-state index in [1.165, 1.54) is 0 Å². The van der Waals surface area contributed by atoms with Crippen LogP contribution >= 0.6 is 0 Å². The minimum atomic E-state index is 0.141. The van der Waals surface area contributed by atoms with Crippen molar-refractivity contribution >= 4 is 5.91 Å². The van der Waals surface area contributed by atoms with Crippen molar-refractivity contribution < 1.29 is 4.79 Å². The van der Waals surface area contributed by atoms with E-state index < -0.39 is 0 Å². The van der Waals surface area contributed by atoms with Crippen LogP contribution in [0, 0.1) is 5.92 Å². The summed E-state index contributed by atoms with van der Waals surface area (Å²) in [5.74, 6) is 0.571. The largest absolute Gasteiger partial charge is 0.355 e. The number of carbonyl (C=O) groups is 1. The number of carbonyl (C=O) groups excluding carboxylic acids is 1. The topological polar surface area (TPSA) is 58.4 Å². The van der Waals surface area contributed by atoms with Crippen LogP contribution in [-0.2, 0) is 4.79 Å². The molecule has 1 amide bonds. The summed E-state index contributed by atoms with van der Waals surface area (Å²) in [4.78, 5) is 14.0. The lowest BCUT2D eigenvalue weighted by Crippen LogP contribution is -2.42. The van der Waals surface area contributed by atoms with Crippen molar-refractivity contribution in [3.8, 4) is 0 Å². The normalized spacial score (nSPS) is 13.4. The van der Waals surface area contributed by atoms with Gasteiger partial charge in [-0.05, 0) is 46.6 Å². The van der Waals surface area contributed by atoms with Crippen LogP contribution < -0.4 is 11.1 Å². The number of nitrogens with zero attached hydrogens (tertiary/aromatic N) is 1. The minimum absolute atomic E-state index is 0.141. The lowest BCUT2D eigenvalue weighted by molar-refractivity contribution is -0.121. The first-order valence-electron chi connectivity index (χ1n) is 7.11. The van der Waals surface area contributed by atoms with E-state index in [2.05, 4.69) is 44.8 Å². The zero-order valence-corrected chi connectivity index (χ0v) is 12.7. The smallest absolute Gasteiger partial charge is 0.220 e. The Morgan fingerprint density at radius 1 is 1.17 bits per heavy atom. The molecule has 1 atom stereocenters. The molecular weight excluding hydrogens is 226 g/mol. The highest BCUT2D eigenvalue weighted by atomic mass is 16.1. The molecule has 4 heteroatoms. The highest BCUT2D eigenvalue weighted by molar-refractivity contribution is 5.75. The fraction of sp³-hybridized carbons (Fsp3) is 0.929. The summed E-state index contributed by atoms with van der Waals surface area (Å²) in [5.41, 5.74) is 5.53. The lowest BCUT2D eigenvalue weighted by Gasteiger charge is -2.30. The van der Waals surface area contributed by atoms with E-state index >= 15 is 0 Å². The summed E-state index contributed by atoms with van der Waals surface area (Å²) in [6.45, 7) is 13.1. The molecule has 3 N–H and O–H groups in total. The zero-order valence-electron chi connectivity index (χ0n) is 12.7. The van der Waals surface area contributed by atoms with Gasteiger partial charge in [0.25, 0.3) is 0 Å². The zero-order chi connectivity index (χ0) is 14.1. The van der Waals surface area contributed by atoms with E-state index in [-0.39, 0.29) is 5.91 Å². The third-order valence-electron chi connectivity index (χ3n) is 3.29. The second-order valence-corrected chi connectivity index (χ2v) is 5.65. The van der Waals surface area contributed by atoms with Gasteiger partial charge in [-0.15, -0.1) is 0 Å². The second kappa shape index (κ2) is 9.34. The van der Waals surface area contributed by atoms with Gasteiger partial charge in [0.2, 0.25) is 5.91 Å². The first-order valence-corrected chi connectivity index (χ1v) is 7.11. The van der Waals surface area contributed by atoms with Crippen LogP contribution in [0.15, 0.2) is 0 Å². The molecular formula is C14H31N3O. The van der Waals surface area contributed by atoms with Crippen LogP contribution in [-0.4, -0.2) is 42.5 Å². The molecule has 0 fully saturated rings. The summed E-state index contributed by atoms with van der Waals surface area (Å²) < 4.78 is 0. The Hall–Kier alpha value is -0.610. The average Bonchev–Trinajstić information content (AvgIpc) is 2.30. The summed E-state index contributed by atoms with van der Waals surface area (Å²) in [6, 6.07) is 1.03. The summed E-state index contributed by atoms with van der Waals surface area (Å²) >= 11 is 0. The predicted octanol–water partition coefficient (Wildman–Crippen LogP) is 1.60. The Morgan fingerprint density at radius 3 is 2.17 bits per heavy atom. The van der Waals surface area contributed by atoms with E-state index in [1.54, 1.807) is 0 Å². The Kier molecular flexibility index (Phi) is 9.02. The maximum Gasteiger partial charge on any atom is 0.220 e. The van der Waals surface area contributed by atoms with Gasteiger partial charge in [0, 0.05) is 31.6 Å². The van der Waals surface area contributed by atoms with Crippen LogP contribution in [0.2, 0.25) is 0 Å². The van der Waals surface area contributed by atoms with Crippen molar-refractivity contribution in [2.75, 3.05) is 19.6 Å². The van der Waals surface area contributed by atoms with Gasteiger partial charge in [-0.25, -0.2) is 0 Å². The third kappa shape index (κ3) is 7.67. The molecule has 0 saturated carbocycles. The van der Waals surface area contributed by atoms with Gasteiger partial charge in [-0.2, -0.15) is 0 Å². The van der Waals surface area contributed by atoms with Crippen LogP contribution in [0.1, 0.15) is 47.5 Å². The van der Waals surface area contributed by atoms with E-state index in [1.807, 2.05) is 0 Å². The van der Waals surface area contributed by atoms with E-state index in [9.17, 15) is 4.79 Å². The number of nitrogens with two attached hydrogens (primary N) is 1. The maximum absolute atomic E-state index is 11.6. The van der Waals surface area contributed by atoms with Gasteiger partial charge in [0.05, 0.1) is 0 Å². The van der Waals surface area contributed by atoms with Gasteiger partial charge >= 0.3 is 0 Å². The van der Waals surface area contributed by atoms with Crippen molar-refractivity contribution in [3.05, 3.63) is 0 Å².